The number of hydrogen-bond acceptors (Lipinski definition) is 14. The van der Waals surface area contributed by atoms with Gasteiger partial charge in [-0.3, -0.25) is 28.8 Å². The maximum Gasteiger partial charge on any atom is 0.337 e. The SMILES string of the molecule is CCCCCCC(CC)OC(=O)CCCCCCCCN(CCCCCCCCC(=O)OC(CC)CCCCCC)CCCNC(=O)c1cc(C(=O)NCCCN(CCCCCCCCC(=O)OC(CC)CCCCCC)CCCCCCCCC(=O)OC(CC)CCCCCC)cc(C(=O)OC)c1. The van der Waals surface area contributed by atoms with Crippen LogP contribution in [0.25, 0.3) is 0 Å². The number of benzene rings is 1. The quantitative estimate of drug-likeness (QED) is 0.0355. The Morgan fingerprint density at radius 1 is 0.288 bits per heavy atom. The van der Waals surface area contributed by atoms with Crippen molar-refractivity contribution in [3.63, 3.8) is 0 Å². The summed E-state index contributed by atoms with van der Waals surface area (Å²) in [6, 6.07) is 4.57. The first kappa shape index (κ1) is 97.4. The molecule has 0 saturated heterocycles. The monoisotopic (exact) mass is 1470 g/mol. The second kappa shape index (κ2) is 70.1. The molecular weight excluding hydrogens is 1300 g/mol. The number of amides is 2. The van der Waals surface area contributed by atoms with Crippen molar-refractivity contribution in [2.24, 2.45) is 0 Å². The van der Waals surface area contributed by atoms with Crippen molar-refractivity contribution in [2.45, 2.75) is 427 Å². The van der Waals surface area contributed by atoms with E-state index in [0.717, 1.165) is 283 Å². The number of nitrogens with one attached hydrogen (secondary N) is 2. The highest BCUT2D eigenvalue weighted by atomic mass is 16.6. The Hall–Kier alpha value is -4.57. The van der Waals surface area contributed by atoms with Crippen molar-refractivity contribution in [1.29, 1.82) is 0 Å². The molecule has 16 heteroatoms. The average molecular weight is 1470 g/mol. The van der Waals surface area contributed by atoms with Gasteiger partial charge in [0, 0.05) is 49.9 Å². The zero-order chi connectivity index (χ0) is 76.1. The van der Waals surface area contributed by atoms with E-state index in [0.29, 0.717) is 38.8 Å². The van der Waals surface area contributed by atoms with Gasteiger partial charge in [0.1, 0.15) is 24.4 Å². The van der Waals surface area contributed by atoms with E-state index < -0.39 is 5.97 Å². The Balaban J connectivity index is 2.90. The molecule has 0 aliphatic heterocycles. The van der Waals surface area contributed by atoms with Crippen molar-refractivity contribution in [2.75, 3.05) is 59.5 Å². The van der Waals surface area contributed by atoms with Crippen LogP contribution < -0.4 is 10.6 Å². The smallest absolute Gasteiger partial charge is 0.337 e. The fourth-order valence-corrected chi connectivity index (χ4v) is 13.8. The van der Waals surface area contributed by atoms with Crippen LogP contribution in [-0.4, -0.2) is 135 Å². The zero-order valence-corrected chi connectivity index (χ0v) is 68.7. The summed E-state index contributed by atoms with van der Waals surface area (Å²) in [5.41, 5.74) is 0.600. The molecule has 0 heterocycles. The number of hydrogen-bond donors (Lipinski definition) is 2. The largest absolute Gasteiger partial charge is 0.465 e. The molecule has 1 rings (SSSR count). The van der Waals surface area contributed by atoms with E-state index in [2.05, 4.69) is 75.8 Å². The van der Waals surface area contributed by atoms with Crippen LogP contribution in [0.5, 0.6) is 0 Å². The number of methoxy groups -OCH3 is 1. The molecular formula is C88H160N4O12. The highest BCUT2D eigenvalue weighted by Crippen LogP contribution is 2.21. The molecule has 4 atom stereocenters. The summed E-state index contributed by atoms with van der Waals surface area (Å²) >= 11 is 0. The maximum absolute atomic E-state index is 13.9. The first-order valence-electron chi connectivity index (χ1n) is 43.7. The fourth-order valence-electron chi connectivity index (χ4n) is 13.8. The number of ether oxygens (including phenoxy) is 5. The number of unbranched alkanes of at least 4 members (excludes halogenated alkanes) is 32. The summed E-state index contributed by atoms with van der Waals surface area (Å²) < 4.78 is 28.4. The summed E-state index contributed by atoms with van der Waals surface area (Å²) in [4.78, 5) is 96.3. The molecule has 1 aromatic carbocycles. The minimum absolute atomic E-state index is 0.0392. The zero-order valence-electron chi connectivity index (χ0n) is 68.7. The molecule has 104 heavy (non-hydrogen) atoms. The van der Waals surface area contributed by atoms with Crippen LogP contribution in [0.15, 0.2) is 18.2 Å². The van der Waals surface area contributed by atoms with E-state index in [9.17, 15) is 33.6 Å². The Bertz CT molecular complexity index is 2020. The molecule has 16 nitrogen and oxygen atoms in total. The standard InChI is InChI=1S/C88H160N4O12/c1-10-18-22-42-56-78(14-5)101-82(93)60-46-34-26-30-38-50-66-91(67-51-39-31-27-35-47-61-83(94)102-79(15-6)57-43-23-19-11-2)70-54-64-89-86(97)75-72-76(74-77(73-75)88(99)100-9)87(98)90-65-55-71-92(68-52-40-32-28-36-48-62-84(95)103-80(16-7)58-44-24-20-12-3)69-53-41-33-29-37-49-63-85(96)104-81(17-8)59-45-25-21-13-4/h72-74,78-81H,10-71H2,1-9H3,(H,89,97)(H,90,98). The number of carbonyl (C=O) groups excluding carboxylic acids is 7. The van der Waals surface area contributed by atoms with Crippen LogP contribution in [-0.2, 0) is 42.9 Å². The summed E-state index contributed by atoms with van der Waals surface area (Å²) in [5.74, 6) is -1.55. The van der Waals surface area contributed by atoms with E-state index in [4.69, 9.17) is 23.7 Å². The normalized spacial score (nSPS) is 12.6. The van der Waals surface area contributed by atoms with Gasteiger partial charge < -0.3 is 44.1 Å². The second-order valence-corrected chi connectivity index (χ2v) is 30.2. The summed E-state index contributed by atoms with van der Waals surface area (Å²) in [5, 5.41) is 6.16. The summed E-state index contributed by atoms with van der Waals surface area (Å²) in [6.45, 7) is 23.7. The third-order valence-corrected chi connectivity index (χ3v) is 20.7. The number of carbonyl (C=O) groups is 7. The van der Waals surface area contributed by atoms with Gasteiger partial charge in [0.25, 0.3) is 11.8 Å². The predicted molar refractivity (Wildman–Crippen MR) is 430 cm³/mol. The minimum atomic E-state index is -0.621. The topological polar surface area (TPSA) is 196 Å². The van der Waals surface area contributed by atoms with Gasteiger partial charge in [-0.1, -0.05) is 235 Å². The Kier molecular flexibility index (Phi) is 65.7. The third kappa shape index (κ3) is 55.8. The average Bonchev–Trinajstić information content (AvgIpc) is 0.829. The van der Waals surface area contributed by atoms with Gasteiger partial charge in [-0.15, -0.1) is 0 Å². The molecule has 0 saturated carbocycles. The molecule has 0 aliphatic rings. The highest BCUT2D eigenvalue weighted by molar-refractivity contribution is 6.03. The molecule has 2 amide bonds. The maximum atomic E-state index is 13.9. The molecule has 0 aromatic heterocycles. The van der Waals surface area contributed by atoms with Crippen molar-refractivity contribution >= 4 is 41.7 Å². The van der Waals surface area contributed by atoms with Gasteiger partial charge in [-0.05, 0) is 199 Å². The molecule has 0 bridgehead atoms. The first-order chi connectivity index (χ1) is 50.7. The van der Waals surface area contributed by atoms with Gasteiger partial charge in [-0.25, -0.2) is 4.79 Å². The molecule has 604 valence electrons. The molecule has 0 aliphatic carbocycles. The molecule has 0 spiro atoms. The molecule has 1 aromatic rings. The van der Waals surface area contributed by atoms with E-state index in [1.807, 2.05) is 0 Å². The summed E-state index contributed by atoms with van der Waals surface area (Å²) in [7, 11) is 1.30. The predicted octanol–water partition coefficient (Wildman–Crippen LogP) is 22.4. The molecule has 4 unspecified atom stereocenters. The van der Waals surface area contributed by atoms with Crippen LogP contribution in [0.2, 0.25) is 0 Å². The van der Waals surface area contributed by atoms with Crippen molar-refractivity contribution in [3.05, 3.63) is 34.9 Å². The minimum Gasteiger partial charge on any atom is -0.465 e. The lowest BCUT2D eigenvalue weighted by molar-refractivity contribution is -0.150. The molecule has 0 radical (unpaired) electrons. The Morgan fingerprint density at radius 3 is 0.750 bits per heavy atom. The molecule has 2 N–H and O–H groups in total. The van der Waals surface area contributed by atoms with Crippen LogP contribution >= 0.6 is 0 Å². The van der Waals surface area contributed by atoms with Crippen molar-refractivity contribution in [3.8, 4) is 0 Å². The van der Waals surface area contributed by atoms with Crippen LogP contribution in [0.4, 0.5) is 0 Å². The summed E-state index contributed by atoms with van der Waals surface area (Å²) in [6.07, 6.45) is 55.1. The van der Waals surface area contributed by atoms with E-state index in [1.165, 1.54) is 96.3 Å². The van der Waals surface area contributed by atoms with Crippen molar-refractivity contribution in [1.82, 2.24) is 20.4 Å². The Labute approximate surface area is 637 Å². The third-order valence-electron chi connectivity index (χ3n) is 20.7. The van der Waals surface area contributed by atoms with E-state index in [-0.39, 0.29) is 76.8 Å². The number of nitrogens with zero attached hydrogens (tertiary/aromatic N) is 2. The second-order valence-electron chi connectivity index (χ2n) is 30.2. The van der Waals surface area contributed by atoms with Gasteiger partial charge in [0.2, 0.25) is 0 Å². The van der Waals surface area contributed by atoms with Crippen molar-refractivity contribution < 1.29 is 57.2 Å². The van der Waals surface area contributed by atoms with E-state index in [1.54, 1.807) is 6.07 Å². The van der Waals surface area contributed by atoms with Gasteiger partial charge in [0.15, 0.2) is 0 Å². The fraction of sp³-hybridized carbons (Fsp3) is 0.852. The number of esters is 5. The first-order valence-corrected chi connectivity index (χ1v) is 43.7. The van der Waals surface area contributed by atoms with Gasteiger partial charge in [0.05, 0.1) is 12.7 Å². The van der Waals surface area contributed by atoms with Gasteiger partial charge >= 0.3 is 29.8 Å². The lowest BCUT2D eigenvalue weighted by atomic mass is 10.0. The highest BCUT2D eigenvalue weighted by Gasteiger charge is 2.20. The lowest BCUT2D eigenvalue weighted by Crippen LogP contribution is -2.32. The molecule has 0 fully saturated rings. The van der Waals surface area contributed by atoms with E-state index >= 15 is 0 Å². The Morgan fingerprint density at radius 2 is 0.510 bits per heavy atom. The van der Waals surface area contributed by atoms with Crippen LogP contribution in [0.1, 0.15) is 433 Å². The van der Waals surface area contributed by atoms with Gasteiger partial charge in [-0.2, -0.15) is 0 Å². The van der Waals surface area contributed by atoms with Crippen LogP contribution in [0.3, 0.4) is 0 Å². The number of rotatable bonds is 75. The van der Waals surface area contributed by atoms with Crippen LogP contribution in [0, 0.1) is 0 Å². The lowest BCUT2D eigenvalue weighted by Gasteiger charge is -2.22.